The van der Waals surface area contributed by atoms with Crippen LogP contribution in [-0.4, -0.2) is 0 Å². The van der Waals surface area contributed by atoms with Crippen molar-refractivity contribution in [1.29, 1.82) is 0 Å². The quantitative estimate of drug-likeness (QED) is 0.522. The molecule has 0 nitrogen and oxygen atoms in total. The summed E-state index contributed by atoms with van der Waals surface area (Å²) in [4.78, 5) is 0. The van der Waals surface area contributed by atoms with E-state index in [0.29, 0.717) is 0 Å². The minimum absolute atomic E-state index is 0.738. The molecule has 0 aromatic rings. The molecule has 1 spiro atoms. The largest absolute Gasteiger partial charge is 0.0842 e. The first-order chi connectivity index (χ1) is 7.41. The van der Waals surface area contributed by atoms with Crippen molar-refractivity contribution in [2.24, 2.45) is 35.0 Å². The number of hydrogen-bond donors (Lipinski definition) is 0. The first-order valence-electron chi connectivity index (χ1n) is 6.81. The lowest BCUT2D eigenvalue weighted by atomic mass is 9.64. The third kappa shape index (κ3) is 0.645. The molecule has 0 N–H and O–H groups in total. The number of hydrogen-bond acceptors (Lipinski definition) is 0. The maximum atomic E-state index is 2.67. The van der Waals surface area contributed by atoms with Gasteiger partial charge in [0.1, 0.15) is 0 Å². The lowest BCUT2D eigenvalue weighted by Gasteiger charge is -2.40. The van der Waals surface area contributed by atoms with Crippen LogP contribution in [0.5, 0.6) is 0 Å². The van der Waals surface area contributed by atoms with Crippen LogP contribution in [0.2, 0.25) is 0 Å². The Morgan fingerprint density at radius 3 is 3.20 bits per heavy atom. The summed E-state index contributed by atoms with van der Waals surface area (Å²) in [6, 6.07) is 0. The average molecular weight is 198 g/mol. The van der Waals surface area contributed by atoms with Crippen LogP contribution in [0.3, 0.4) is 0 Å². The molecular weight excluding hydrogens is 180 g/mol. The second-order valence-corrected chi connectivity index (χ2v) is 6.51. The highest BCUT2D eigenvalue weighted by molar-refractivity contribution is 5.42. The van der Waals surface area contributed by atoms with Crippen molar-refractivity contribution in [3.8, 4) is 0 Å². The maximum absolute atomic E-state index is 2.67. The van der Waals surface area contributed by atoms with Crippen LogP contribution >= 0.6 is 0 Å². The molecule has 6 bridgehead atoms. The first kappa shape index (κ1) is 7.70. The molecule has 6 atom stereocenters. The fourth-order valence-corrected chi connectivity index (χ4v) is 5.91. The maximum Gasteiger partial charge on any atom is -0.00136 e. The summed E-state index contributed by atoms with van der Waals surface area (Å²) < 4.78 is 0. The van der Waals surface area contributed by atoms with E-state index in [9.17, 15) is 0 Å². The summed E-state index contributed by atoms with van der Waals surface area (Å²) in [5.41, 5.74) is 2.64. The topological polar surface area (TPSA) is 0 Å². The van der Waals surface area contributed by atoms with Gasteiger partial charge in [-0.3, -0.25) is 0 Å². The molecule has 6 aliphatic carbocycles. The summed E-state index contributed by atoms with van der Waals surface area (Å²) in [7, 11) is 0. The normalized spacial score (nSPS) is 62.4. The van der Waals surface area contributed by atoms with Gasteiger partial charge in [0, 0.05) is 0 Å². The number of allylic oxidation sites excluding steroid dienone is 4. The molecule has 0 aromatic heterocycles. The van der Waals surface area contributed by atoms with Gasteiger partial charge in [-0.2, -0.15) is 0 Å². The zero-order valence-corrected chi connectivity index (χ0v) is 9.15. The van der Waals surface area contributed by atoms with Gasteiger partial charge in [-0.25, -0.2) is 0 Å². The predicted octanol–water partition coefficient (Wildman–Crippen LogP) is 3.55. The minimum atomic E-state index is 0.738. The van der Waals surface area contributed by atoms with Gasteiger partial charge in [0.05, 0.1) is 0 Å². The van der Waals surface area contributed by atoms with Gasteiger partial charge in [-0.15, -0.1) is 0 Å². The molecule has 0 amide bonds. The Kier molecular flexibility index (Phi) is 1.09. The van der Waals surface area contributed by atoms with Gasteiger partial charge in [-0.05, 0) is 60.7 Å². The van der Waals surface area contributed by atoms with Gasteiger partial charge in [-0.1, -0.05) is 30.2 Å². The first-order valence-corrected chi connectivity index (χ1v) is 6.81. The van der Waals surface area contributed by atoms with Crippen molar-refractivity contribution >= 4 is 0 Å². The van der Waals surface area contributed by atoms with E-state index in [0.717, 1.165) is 35.0 Å². The number of rotatable bonds is 0. The zero-order valence-electron chi connectivity index (χ0n) is 9.15. The highest BCUT2D eigenvalue weighted by atomic mass is 14.8. The highest BCUT2D eigenvalue weighted by Gasteiger charge is 2.72. The van der Waals surface area contributed by atoms with Crippen molar-refractivity contribution in [3.63, 3.8) is 0 Å². The fourth-order valence-electron chi connectivity index (χ4n) is 5.91. The molecule has 0 aromatic carbocycles. The minimum Gasteiger partial charge on any atom is -0.0842 e. The SMILES string of the molecule is C1=C[C@H]2[C@H]3C[C@H]4[C@@H]1C=C1CCCC[C@@]14[C@@H]23. The van der Waals surface area contributed by atoms with Crippen molar-refractivity contribution < 1.29 is 0 Å². The van der Waals surface area contributed by atoms with Crippen molar-refractivity contribution in [1.82, 2.24) is 0 Å². The van der Waals surface area contributed by atoms with Crippen LogP contribution in [0.4, 0.5) is 0 Å². The Balaban J connectivity index is 1.77. The van der Waals surface area contributed by atoms with Crippen LogP contribution in [0, 0.1) is 35.0 Å². The van der Waals surface area contributed by atoms with Gasteiger partial charge < -0.3 is 0 Å². The van der Waals surface area contributed by atoms with Gasteiger partial charge >= 0.3 is 0 Å². The molecule has 0 heterocycles. The molecule has 0 heteroatoms. The standard InChI is InChI=1S/C15H18/c1-2-6-15-10(3-1)7-9-4-5-11-12(14(11)15)8-13(9)15/h4-5,7,9,11-14H,1-3,6,8H2/t9-,11-,12+,13-,14-,15+/m0/s1. The molecule has 3 fully saturated rings. The van der Waals surface area contributed by atoms with E-state index in [1.54, 1.807) is 12.8 Å². The summed E-state index contributed by atoms with van der Waals surface area (Å²) in [6.45, 7) is 0. The van der Waals surface area contributed by atoms with Crippen molar-refractivity contribution in [2.45, 2.75) is 32.1 Å². The zero-order chi connectivity index (χ0) is 9.62. The highest BCUT2D eigenvalue weighted by Crippen LogP contribution is 2.79. The monoisotopic (exact) mass is 198 g/mol. The molecular formula is C15H18. The van der Waals surface area contributed by atoms with Crippen LogP contribution in [0.25, 0.3) is 0 Å². The second-order valence-electron chi connectivity index (χ2n) is 6.51. The molecule has 0 saturated heterocycles. The summed E-state index contributed by atoms with van der Waals surface area (Å²) >= 11 is 0. The van der Waals surface area contributed by atoms with E-state index in [1.165, 1.54) is 19.3 Å². The molecule has 6 aliphatic rings. The fraction of sp³-hybridized carbons (Fsp3) is 0.733. The Morgan fingerprint density at radius 1 is 1.20 bits per heavy atom. The third-order valence-electron chi connectivity index (χ3n) is 6.31. The smallest absolute Gasteiger partial charge is 0.00136 e. The van der Waals surface area contributed by atoms with E-state index in [4.69, 9.17) is 0 Å². The molecule has 0 aliphatic heterocycles. The molecule has 3 saturated carbocycles. The van der Waals surface area contributed by atoms with Crippen molar-refractivity contribution in [3.05, 3.63) is 23.8 Å². The third-order valence-corrected chi connectivity index (χ3v) is 6.31. The van der Waals surface area contributed by atoms with Gasteiger partial charge in [0.2, 0.25) is 0 Å². The second kappa shape index (κ2) is 2.12. The molecule has 0 unspecified atom stereocenters. The van der Waals surface area contributed by atoms with Crippen LogP contribution in [0.15, 0.2) is 23.8 Å². The van der Waals surface area contributed by atoms with E-state index >= 15 is 0 Å². The summed E-state index contributed by atoms with van der Waals surface area (Å²) in [5, 5.41) is 0. The lowest BCUT2D eigenvalue weighted by Crippen LogP contribution is -2.32. The molecule has 0 radical (unpaired) electrons. The van der Waals surface area contributed by atoms with E-state index in [2.05, 4.69) is 18.2 Å². The lowest BCUT2D eigenvalue weighted by molar-refractivity contribution is 0.162. The van der Waals surface area contributed by atoms with Crippen LogP contribution < -0.4 is 0 Å². The Bertz CT molecular complexity index is 402. The molecule has 78 valence electrons. The van der Waals surface area contributed by atoms with E-state index < -0.39 is 0 Å². The predicted molar refractivity (Wildman–Crippen MR) is 60.2 cm³/mol. The van der Waals surface area contributed by atoms with Gasteiger partial charge in [0.25, 0.3) is 0 Å². The Morgan fingerprint density at radius 2 is 2.20 bits per heavy atom. The van der Waals surface area contributed by atoms with Gasteiger partial charge in [0.15, 0.2) is 0 Å². The molecule has 15 heavy (non-hydrogen) atoms. The van der Waals surface area contributed by atoms with Crippen LogP contribution in [0.1, 0.15) is 32.1 Å². The van der Waals surface area contributed by atoms with E-state index in [1.807, 2.05) is 5.57 Å². The summed E-state index contributed by atoms with van der Waals surface area (Å²) in [5.74, 6) is 5.10. The van der Waals surface area contributed by atoms with E-state index in [-0.39, 0.29) is 0 Å². The summed E-state index contributed by atoms with van der Waals surface area (Å²) in [6.07, 6.45) is 15.3. The Hall–Kier alpha value is -0.520. The Labute approximate surface area is 91.4 Å². The van der Waals surface area contributed by atoms with Crippen molar-refractivity contribution in [2.75, 3.05) is 0 Å². The molecule has 6 rings (SSSR count). The van der Waals surface area contributed by atoms with Crippen LogP contribution in [-0.2, 0) is 0 Å². The average Bonchev–Trinajstić information content (AvgIpc) is 2.77.